The highest BCUT2D eigenvalue weighted by molar-refractivity contribution is 5.80. The fourth-order valence-corrected chi connectivity index (χ4v) is 2.60. The SMILES string of the molecule is CNC1COCC1C(=O)NC(C)c1c(C)noc1C. The molecule has 1 saturated heterocycles. The lowest BCUT2D eigenvalue weighted by Gasteiger charge is -2.20. The molecular weight excluding hydrogens is 246 g/mol. The minimum atomic E-state index is -0.145. The average molecular weight is 267 g/mol. The van der Waals surface area contributed by atoms with E-state index in [1.807, 2.05) is 27.8 Å². The van der Waals surface area contributed by atoms with Crippen molar-refractivity contribution in [1.29, 1.82) is 0 Å². The van der Waals surface area contributed by atoms with Gasteiger partial charge in [-0.3, -0.25) is 4.79 Å². The van der Waals surface area contributed by atoms with Crippen LogP contribution in [-0.2, 0) is 9.53 Å². The Kier molecular flexibility index (Phi) is 4.21. The number of rotatable bonds is 4. The second kappa shape index (κ2) is 5.71. The standard InChI is InChI=1S/C13H21N3O3/c1-7(12-8(2)16-19-9(12)3)15-13(17)10-5-18-6-11(10)14-4/h7,10-11,14H,5-6H2,1-4H3,(H,15,17). The van der Waals surface area contributed by atoms with Crippen LogP contribution in [0.3, 0.4) is 0 Å². The fraction of sp³-hybridized carbons (Fsp3) is 0.692. The van der Waals surface area contributed by atoms with Gasteiger partial charge in [0.2, 0.25) is 5.91 Å². The first-order chi connectivity index (χ1) is 9.04. The van der Waals surface area contributed by atoms with Crippen molar-refractivity contribution in [2.45, 2.75) is 32.9 Å². The molecule has 0 saturated carbocycles. The van der Waals surface area contributed by atoms with E-state index in [9.17, 15) is 4.79 Å². The molecule has 0 radical (unpaired) electrons. The molecule has 106 valence electrons. The number of amides is 1. The summed E-state index contributed by atoms with van der Waals surface area (Å²) in [6.07, 6.45) is 0. The molecule has 1 aliphatic rings. The number of likely N-dealkylation sites (N-methyl/N-ethyl adjacent to an activating group) is 1. The second-order valence-electron chi connectivity index (χ2n) is 5.01. The van der Waals surface area contributed by atoms with Crippen molar-refractivity contribution >= 4 is 5.91 Å². The molecule has 3 atom stereocenters. The van der Waals surface area contributed by atoms with E-state index in [1.54, 1.807) is 0 Å². The van der Waals surface area contributed by atoms with Crippen molar-refractivity contribution < 1.29 is 14.1 Å². The van der Waals surface area contributed by atoms with Gasteiger partial charge in [-0.2, -0.15) is 0 Å². The zero-order valence-corrected chi connectivity index (χ0v) is 11.8. The van der Waals surface area contributed by atoms with Gasteiger partial charge in [0, 0.05) is 11.6 Å². The molecule has 1 aromatic rings. The summed E-state index contributed by atoms with van der Waals surface area (Å²) in [6.45, 7) is 6.71. The van der Waals surface area contributed by atoms with Crippen molar-refractivity contribution in [3.05, 3.63) is 17.0 Å². The van der Waals surface area contributed by atoms with Crippen molar-refractivity contribution in [2.75, 3.05) is 20.3 Å². The first-order valence-electron chi connectivity index (χ1n) is 6.52. The summed E-state index contributed by atoms with van der Waals surface area (Å²) in [7, 11) is 1.84. The largest absolute Gasteiger partial charge is 0.379 e. The molecule has 3 unspecified atom stereocenters. The summed E-state index contributed by atoms with van der Waals surface area (Å²) in [6, 6.07) is -0.0336. The van der Waals surface area contributed by atoms with Gasteiger partial charge in [-0.25, -0.2) is 0 Å². The molecular formula is C13H21N3O3. The molecule has 2 heterocycles. The summed E-state index contributed by atoms with van der Waals surface area (Å²) in [4.78, 5) is 12.3. The second-order valence-corrected chi connectivity index (χ2v) is 5.01. The van der Waals surface area contributed by atoms with Gasteiger partial charge in [-0.15, -0.1) is 0 Å². The van der Waals surface area contributed by atoms with Gasteiger partial charge < -0.3 is 19.9 Å². The first-order valence-corrected chi connectivity index (χ1v) is 6.52. The number of nitrogens with zero attached hydrogens (tertiary/aromatic N) is 1. The van der Waals surface area contributed by atoms with E-state index in [4.69, 9.17) is 9.26 Å². The Morgan fingerprint density at radius 1 is 1.42 bits per heavy atom. The molecule has 6 heteroatoms. The number of carbonyl (C=O) groups excluding carboxylic acids is 1. The van der Waals surface area contributed by atoms with Crippen molar-refractivity contribution in [1.82, 2.24) is 15.8 Å². The van der Waals surface area contributed by atoms with Gasteiger partial charge in [0.1, 0.15) is 5.76 Å². The van der Waals surface area contributed by atoms with Gasteiger partial charge in [-0.1, -0.05) is 5.16 Å². The number of ether oxygens (including phenoxy) is 1. The van der Waals surface area contributed by atoms with Crippen LogP contribution in [0.5, 0.6) is 0 Å². The molecule has 6 nitrogen and oxygen atoms in total. The number of hydrogen-bond donors (Lipinski definition) is 2. The van der Waals surface area contributed by atoms with Crippen LogP contribution >= 0.6 is 0 Å². The number of aromatic nitrogens is 1. The Bertz CT molecular complexity index is 438. The zero-order valence-electron chi connectivity index (χ0n) is 11.8. The van der Waals surface area contributed by atoms with Gasteiger partial charge in [0.25, 0.3) is 0 Å². The summed E-state index contributed by atoms with van der Waals surface area (Å²) in [5.41, 5.74) is 1.77. The number of aryl methyl sites for hydroxylation is 2. The minimum Gasteiger partial charge on any atom is -0.379 e. The summed E-state index contributed by atoms with van der Waals surface area (Å²) >= 11 is 0. The maximum atomic E-state index is 12.3. The molecule has 0 spiro atoms. The van der Waals surface area contributed by atoms with E-state index in [2.05, 4.69) is 15.8 Å². The van der Waals surface area contributed by atoms with Crippen LogP contribution in [0.4, 0.5) is 0 Å². The molecule has 2 N–H and O–H groups in total. The molecule has 1 amide bonds. The Morgan fingerprint density at radius 3 is 2.74 bits per heavy atom. The van der Waals surface area contributed by atoms with E-state index in [0.29, 0.717) is 13.2 Å². The predicted molar refractivity (Wildman–Crippen MR) is 69.7 cm³/mol. The summed E-state index contributed by atoms with van der Waals surface area (Å²) in [5, 5.41) is 10.0. The first kappa shape index (κ1) is 14.0. The highest BCUT2D eigenvalue weighted by Gasteiger charge is 2.34. The fourth-order valence-electron chi connectivity index (χ4n) is 2.60. The van der Waals surface area contributed by atoms with Crippen LogP contribution in [0.25, 0.3) is 0 Å². The van der Waals surface area contributed by atoms with E-state index in [-0.39, 0.29) is 23.9 Å². The topological polar surface area (TPSA) is 76.4 Å². The zero-order chi connectivity index (χ0) is 14.0. The van der Waals surface area contributed by atoms with E-state index in [1.165, 1.54) is 0 Å². The van der Waals surface area contributed by atoms with Crippen LogP contribution in [0.2, 0.25) is 0 Å². The number of carbonyl (C=O) groups is 1. The minimum absolute atomic E-state index is 0.00403. The third kappa shape index (κ3) is 2.79. The molecule has 1 aliphatic heterocycles. The van der Waals surface area contributed by atoms with Gasteiger partial charge >= 0.3 is 0 Å². The van der Waals surface area contributed by atoms with E-state index in [0.717, 1.165) is 17.0 Å². The van der Waals surface area contributed by atoms with E-state index < -0.39 is 0 Å². The van der Waals surface area contributed by atoms with E-state index >= 15 is 0 Å². The maximum absolute atomic E-state index is 12.3. The molecule has 19 heavy (non-hydrogen) atoms. The van der Waals surface area contributed by atoms with Crippen molar-refractivity contribution in [2.24, 2.45) is 5.92 Å². The maximum Gasteiger partial charge on any atom is 0.227 e. The number of nitrogens with one attached hydrogen (secondary N) is 2. The van der Waals surface area contributed by atoms with Gasteiger partial charge in [0.05, 0.1) is 30.9 Å². The highest BCUT2D eigenvalue weighted by atomic mass is 16.5. The molecule has 1 fully saturated rings. The molecule has 1 aromatic heterocycles. The van der Waals surface area contributed by atoms with Crippen LogP contribution in [0.1, 0.15) is 30.0 Å². The quantitative estimate of drug-likeness (QED) is 0.840. The number of hydrogen-bond acceptors (Lipinski definition) is 5. The van der Waals surface area contributed by atoms with Gasteiger partial charge in [0.15, 0.2) is 0 Å². The summed E-state index contributed by atoms with van der Waals surface area (Å²) < 4.78 is 10.5. The van der Waals surface area contributed by atoms with Crippen LogP contribution in [-0.4, -0.2) is 37.4 Å². The molecule has 0 bridgehead atoms. The average Bonchev–Trinajstić information content (AvgIpc) is 2.95. The van der Waals surface area contributed by atoms with Crippen molar-refractivity contribution in [3.63, 3.8) is 0 Å². The molecule has 0 aliphatic carbocycles. The third-order valence-electron chi connectivity index (χ3n) is 3.67. The Morgan fingerprint density at radius 2 is 2.16 bits per heavy atom. The Hall–Kier alpha value is -1.40. The summed E-state index contributed by atoms with van der Waals surface area (Å²) in [5.74, 6) is 0.607. The normalized spacial score (nSPS) is 24.4. The Balaban J connectivity index is 2.03. The van der Waals surface area contributed by atoms with Crippen LogP contribution in [0.15, 0.2) is 4.52 Å². The Labute approximate surface area is 112 Å². The molecule has 2 rings (SSSR count). The highest BCUT2D eigenvalue weighted by Crippen LogP contribution is 2.22. The van der Waals surface area contributed by atoms with Crippen molar-refractivity contribution in [3.8, 4) is 0 Å². The monoisotopic (exact) mass is 267 g/mol. The van der Waals surface area contributed by atoms with Gasteiger partial charge in [-0.05, 0) is 27.8 Å². The predicted octanol–water partition coefficient (Wildman–Crippen LogP) is 0.703. The lowest BCUT2D eigenvalue weighted by Crippen LogP contribution is -2.43. The van der Waals surface area contributed by atoms with Crippen LogP contribution < -0.4 is 10.6 Å². The lowest BCUT2D eigenvalue weighted by atomic mass is 10.0. The third-order valence-corrected chi connectivity index (χ3v) is 3.67. The van der Waals surface area contributed by atoms with Crippen LogP contribution in [0, 0.1) is 19.8 Å². The smallest absolute Gasteiger partial charge is 0.227 e. The molecule has 0 aromatic carbocycles. The lowest BCUT2D eigenvalue weighted by molar-refractivity contribution is -0.126.